The Balaban J connectivity index is 1.16. The Labute approximate surface area is 186 Å². The molecule has 1 aromatic carbocycles. The van der Waals surface area contributed by atoms with Gasteiger partial charge >= 0.3 is 6.18 Å². The van der Waals surface area contributed by atoms with E-state index in [4.69, 9.17) is 4.74 Å². The fourth-order valence-corrected chi connectivity index (χ4v) is 5.18. The summed E-state index contributed by atoms with van der Waals surface area (Å²) in [6.45, 7) is 0.638. The fraction of sp³-hybridized carbons (Fsp3) is 0.435. The first-order valence-corrected chi connectivity index (χ1v) is 10.8. The van der Waals surface area contributed by atoms with Crippen LogP contribution in [0.25, 0.3) is 10.9 Å². The van der Waals surface area contributed by atoms with Gasteiger partial charge in [-0.2, -0.15) is 18.3 Å². The van der Waals surface area contributed by atoms with Crippen molar-refractivity contribution in [1.82, 2.24) is 14.8 Å². The van der Waals surface area contributed by atoms with Gasteiger partial charge in [0.25, 0.3) is 0 Å². The normalized spacial score (nSPS) is 25.0. The summed E-state index contributed by atoms with van der Waals surface area (Å²) in [6.07, 6.45) is 1.25. The van der Waals surface area contributed by atoms with Crippen molar-refractivity contribution in [2.75, 3.05) is 5.32 Å². The van der Waals surface area contributed by atoms with Crippen molar-refractivity contribution in [1.29, 1.82) is 0 Å². The van der Waals surface area contributed by atoms with Crippen LogP contribution in [0.3, 0.4) is 0 Å². The Morgan fingerprint density at radius 1 is 1.27 bits per heavy atom. The van der Waals surface area contributed by atoms with Crippen molar-refractivity contribution in [3.63, 3.8) is 0 Å². The van der Waals surface area contributed by atoms with Gasteiger partial charge in [0.2, 0.25) is 5.91 Å². The van der Waals surface area contributed by atoms with Crippen LogP contribution >= 0.6 is 0 Å². The van der Waals surface area contributed by atoms with Crippen LogP contribution in [0.4, 0.5) is 23.2 Å². The number of pyridine rings is 1. The molecule has 174 valence electrons. The first-order chi connectivity index (χ1) is 15.7. The molecular formula is C23H22F4N4O2. The average molecular weight is 462 g/mol. The number of halogens is 4. The lowest BCUT2D eigenvalue weighted by molar-refractivity contribution is -0.142. The van der Waals surface area contributed by atoms with Crippen LogP contribution in [-0.4, -0.2) is 33.0 Å². The number of nitrogens with one attached hydrogen (secondary N) is 1. The zero-order chi connectivity index (χ0) is 23.3. The van der Waals surface area contributed by atoms with Gasteiger partial charge < -0.3 is 10.1 Å². The van der Waals surface area contributed by atoms with E-state index in [0.717, 1.165) is 17.5 Å². The van der Waals surface area contributed by atoms with E-state index in [1.807, 2.05) is 6.92 Å². The third-order valence-electron chi connectivity index (χ3n) is 6.66. The molecule has 0 aliphatic heterocycles. The molecule has 0 saturated heterocycles. The molecule has 0 spiro atoms. The molecule has 1 unspecified atom stereocenters. The summed E-state index contributed by atoms with van der Waals surface area (Å²) in [5.74, 6) is 0.669. The smallest absolute Gasteiger partial charge is 0.408 e. The van der Waals surface area contributed by atoms with E-state index in [1.165, 1.54) is 24.5 Å². The van der Waals surface area contributed by atoms with Crippen molar-refractivity contribution in [2.24, 2.45) is 23.7 Å². The van der Waals surface area contributed by atoms with Crippen LogP contribution in [0.15, 0.2) is 42.9 Å². The minimum Gasteiger partial charge on any atom is -0.490 e. The van der Waals surface area contributed by atoms with Gasteiger partial charge in [-0.1, -0.05) is 6.92 Å². The third-order valence-corrected chi connectivity index (χ3v) is 6.66. The number of fused-ring (bicyclic) bond motifs is 2. The molecule has 2 aliphatic carbocycles. The molecule has 5 atom stereocenters. The number of carbonyl (C=O) groups excluding carboxylic acids is 1. The van der Waals surface area contributed by atoms with E-state index in [1.54, 1.807) is 18.3 Å². The van der Waals surface area contributed by atoms with Crippen LogP contribution in [0.2, 0.25) is 0 Å². The summed E-state index contributed by atoms with van der Waals surface area (Å²) in [7, 11) is 0. The second kappa shape index (κ2) is 8.00. The Bertz CT molecular complexity index is 1180. The predicted molar refractivity (Wildman–Crippen MR) is 112 cm³/mol. The molecule has 2 fully saturated rings. The highest BCUT2D eigenvalue weighted by Gasteiger charge is 2.59. The maximum absolute atomic E-state index is 13.7. The van der Waals surface area contributed by atoms with Crippen molar-refractivity contribution in [3.8, 4) is 5.75 Å². The second-order valence-corrected chi connectivity index (χ2v) is 8.91. The number of rotatable bonds is 6. The number of benzene rings is 1. The molecule has 6 nitrogen and oxygen atoms in total. The zero-order valence-electron chi connectivity index (χ0n) is 17.7. The predicted octanol–water partition coefficient (Wildman–Crippen LogP) is 4.81. The molecule has 1 N–H and O–H groups in total. The largest absolute Gasteiger partial charge is 0.490 e. The molecule has 10 heteroatoms. The molecule has 5 rings (SSSR count). The number of alkyl halides is 3. The molecule has 3 aromatic rings. The lowest BCUT2D eigenvalue weighted by atomic mass is 9.97. The van der Waals surface area contributed by atoms with Crippen LogP contribution in [0.1, 0.15) is 19.8 Å². The molecule has 1 amide bonds. The number of aromatic nitrogens is 3. The number of hydrogen-bond donors (Lipinski definition) is 1. The van der Waals surface area contributed by atoms with Crippen LogP contribution < -0.4 is 10.1 Å². The standard InChI is InChI=1S/C23H22F4N4O2/c1-12(22(32)30-14-9-29-31(10-14)11-23(25,26)27)21-16-7-15(8-17(16)21)33-20-4-5-28-19-3-2-13(24)6-18(19)20/h2-6,9-10,12,15-17,21H,7-8,11H2,1H3,(H,30,32)/t12?,15-,16-,17+,21-. The van der Waals surface area contributed by atoms with Gasteiger partial charge in [0.15, 0.2) is 0 Å². The first kappa shape index (κ1) is 21.7. The van der Waals surface area contributed by atoms with E-state index < -0.39 is 12.7 Å². The van der Waals surface area contributed by atoms with Crippen molar-refractivity contribution < 1.29 is 27.1 Å². The lowest BCUT2D eigenvalue weighted by Gasteiger charge is -2.20. The molecule has 2 heterocycles. The second-order valence-electron chi connectivity index (χ2n) is 8.91. The molecular weight excluding hydrogens is 440 g/mol. The molecule has 2 saturated carbocycles. The number of amides is 1. The minimum absolute atomic E-state index is 0.0130. The highest BCUT2D eigenvalue weighted by molar-refractivity contribution is 5.92. The van der Waals surface area contributed by atoms with E-state index >= 15 is 0 Å². The van der Waals surface area contributed by atoms with Crippen molar-refractivity contribution in [2.45, 2.75) is 38.6 Å². The Hall–Kier alpha value is -3.17. The maximum Gasteiger partial charge on any atom is 0.408 e. The Morgan fingerprint density at radius 2 is 2.03 bits per heavy atom. The summed E-state index contributed by atoms with van der Waals surface area (Å²) in [5, 5.41) is 6.95. The van der Waals surface area contributed by atoms with Gasteiger partial charge in [-0.05, 0) is 54.9 Å². The fourth-order valence-electron chi connectivity index (χ4n) is 5.18. The van der Waals surface area contributed by atoms with E-state index in [2.05, 4.69) is 15.4 Å². The average Bonchev–Trinajstić information content (AvgIpc) is 3.05. The topological polar surface area (TPSA) is 69.0 Å². The number of nitrogens with zero attached hydrogens (tertiary/aromatic N) is 3. The van der Waals surface area contributed by atoms with E-state index in [9.17, 15) is 22.4 Å². The summed E-state index contributed by atoms with van der Waals surface area (Å²) in [5.41, 5.74) is 0.915. The highest BCUT2D eigenvalue weighted by Crippen LogP contribution is 2.61. The summed E-state index contributed by atoms with van der Waals surface area (Å²) in [4.78, 5) is 16.9. The molecule has 2 aliphatic rings. The van der Waals surface area contributed by atoms with Gasteiger partial charge in [0, 0.05) is 23.7 Å². The summed E-state index contributed by atoms with van der Waals surface area (Å²) >= 11 is 0. The van der Waals surface area contributed by atoms with Crippen LogP contribution in [0.5, 0.6) is 5.75 Å². The van der Waals surface area contributed by atoms with Gasteiger partial charge in [-0.15, -0.1) is 0 Å². The SMILES string of the molecule is CC(C(=O)Nc1cnn(CC(F)(F)F)c1)[C@@H]1[C@@H]2C[C@@H](Oc3ccnc4ccc(F)cc34)C[C@@H]21. The highest BCUT2D eigenvalue weighted by atomic mass is 19.4. The molecule has 2 aromatic heterocycles. The third kappa shape index (κ3) is 4.51. The number of carbonyl (C=O) groups is 1. The minimum atomic E-state index is -4.37. The van der Waals surface area contributed by atoms with Gasteiger partial charge in [0.1, 0.15) is 18.1 Å². The Morgan fingerprint density at radius 3 is 2.76 bits per heavy atom. The number of ether oxygens (including phenoxy) is 1. The molecule has 33 heavy (non-hydrogen) atoms. The van der Waals surface area contributed by atoms with Crippen LogP contribution in [0, 0.1) is 29.5 Å². The molecule has 0 radical (unpaired) electrons. The Kier molecular flexibility index (Phi) is 5.25. The quantitative estimate of drug-likeness (QED) is 0.534. The van der Waals surface area contributed by atoms with E-state index in [0.29, 0.717) is 28.5 Å². The van der Waals surface area contributed by atoms with Crippen molar-refractivity contribution >= 4 is 22.5 Å². The summed E-state index contributed by atoms with van der Waals surface area (Å²) < 4.78 is 58.0. The number of anilines is 1. The monoisotopic (exact) mass is 462 g/mol. The van der Waals surface area contributed by atoms with Crippen molar-refractivity contribution in [3.05, 3.63) is 48.7 Å². The molecule has 0 bridgehead atoms. The van der Waals surface area contributed by atoms with Crippen LogP contribution in [-0.2, 0) is 11.3 Å². The zero-order valence-corrected chi connectivity index (χ0v) is 17.7. The van der Waals surface area contributed by atoms with E-state index in [-0.39, 0.29) is 35.4 Å². The first-order valence-electron chi connectivity index (χ1n) is 10.8. The van der Waals surface area contributed by atoms with Gasteiger partial charge in [0.05, 0.1) is 23.5 Å². The number of hydrogen-bond acceptors (Lipinski definition) is 4. The van der Waals surface area contributed by atoms with Gasteiger partial charge in [-0.25, -0.2) is 4.39 Å². The lowest BCUT2D eigenvalue weighted by Crippen LogP contribution is -2.25. The summed E-state index contributed by atoms with van der Waals surface area (Å²) in [6, 6.07) is 6.13. The van der Waals surface area contributed by atoms with Gasteiger partial charge in [-0.3, -0.25) is 14.5 Å². The maximum atomic E-state index is 13.7.